The van der Waals surface area contributed by atoms with Crippen molar-refractivity contribution in [3.05, 3.63) is 121 Å². The standard InChI is InChI=1S/C38H58N6.C2H6/c1-16-20-37(34(14)42-33(13)31(11)22-23-35(18-3)19-4)43-38(41-28(7)8)44(15)26-32(12)39-25-29(9)21-24-36(30(10)17-2)40-27(5)6;1-2/h16,18-19,21-23,33,39,42H,1,3-4,7,12,14,17,20,24-26H2,2,5-6,8-11,13,15H3;1-2H3/b29-21?,31-22+,36-30+,41-38?,43-37+;. The molecule has 0 saturated carbocycles. The SMILES string of the molecule is C=CC/C(=N\C(=NC(=C)C)N(C)CC(=C)NCC(C)=CC/C(N=C(C)C)=C(/C)CC)C(=C)NC(C)/C(C)=C/C=C(C=C)C=C.CC. The Kier molecular flexibility index (Phi) is 23.9. The molecule has 0 radical (unpaired) electrons. The molecule has 0 aliphatic carbocycles. The molecule has 0 spiro atoms. The monoisotopic (exact) mass is 629 g/mol. The number of allylic oxidation sites excluding steroid dienone is 10. The van der Waals surface area contributed by atoms with Crippen LogP contribution in [0.15, 0.2) is 136 Å². The molecule has 1 unspecified atom stereocenters. The number of nitrogens with zero attached hydrogens (tertiary/aromatic N) is 4. The summed E-state index contributed by atoms with van der Waals surface area (Å²) < 4.78 is 0. The Balaban J connectivity index is 0. The molecule has 46 heavy (non-hydrogen) atoms. The summed E-state index contributed by atoms with van der Waals surface area (Å²) in [5.74, 6) is 0.523. The van der Waals surface area contributed by atoms with Crippen LogP contribution in [0, 0.1) is 0 Å². The second kappa shape index (κ2) is 25.1. The maximum atomic E-state index is 4.91. The van der Waals surface area contributed by atoms with Crippen LogP contribution in [-0.4, -0.2) is 48.5 Å². The van der Waals surface area contributed by atoms with Crippen molar-refractivity contribution in [3.8, 4) is 0 Å². The van der Waals surface area contributed by atoms with E-state index in [9.17, 15) is 0 Å². The van der Waals surface area contributed by atoms with Gasteiger partial charge in [0.2, 0.25) is 5.96 Å². The Morgan fingerprint density at radius 3 is 1.98 bits per heavy atom. The highest BCUT2D eigenvalue weighted by molar-refractivity contribution is 6.07. The van der Waals surface area contributed by atoms with Crippen molar-refractivity contribution in [3.63, 3.8) is 0 Å². The van der Waals surface area contributed by atoms with Crippen LogP contribution in [0.5, 0.6) is 0 Å². The molecule has 6 nitrogen and oxygen atoms in total. The van der Waals surface area contributed by atoms with E-state index in [0.29, 0.717) is 36.9 Å². The molecule has 0 aromatic carbocycles. The molecular weight excluding hydrogens is 564 g/mol. The fourth-order valence-corrected chi connectivity index (χ4v) is 3.72. The second-order valence-corrected chi connectivity index (χ2v) is 11.2. The summed E-state index contributed by atoms with van der Waals surface area (Å²) in [6, 6.07) is 0.0273. The third-order valence-electron chi connectivity index (χ3n) is 6.71. The molecule has 0 aliphatic rings. The van der Waals surface area contributed by atoms with Gasteiger partial charge in [-0.3, -0.25) is 4.99 Å². The summed E-state index contributed by atoms with van der Waals surface area (Å²) >= 11 is 0. The molecule has 254 valence electrons. The number of hydrogen-bond acceptors (Lipinski definition) is 4. The van der Waals surface area contributed by atoms with Crippen LogP contribution < -0.4 is 10.6 Å². The number of likely N-dealkylation sites (N-methyl/N-ethyl adjacent to an activating group) is 1. The van der Waals surface area contributed by atoms with E-state index in [1.165, 1.54) is 11.1 Å². The summed E-state index contributed by atoms with van der Waals surface area (Å²) in [4.78, 5) is 16.2. The maximum Gasteiger partial charge on any atom is 0.225 e. The molecule has 0 rings (SSSR count). The molecule has 2 N–H and O–H groups in total. The second-order valence-electron chi connectivity index (χ2n) is 11.2. The molecule has 1 atom stereocenters. The van der Waals surface area contributed by atoms with Crippen molar-refractivity contribution < 1.29 is 0 Å². The topological polar surface area (TPSA) is 64.4 Å². The molecule has 0 heterocycles. The number of hydrogen-bond donors (Lipinski definition) is 2. The van der Waals surface area contributed by atoms with Gasteiger partial charge in [0.15, 0.2) is 0 Å². The van der Waals surface area contributed by atoms with Gasteiger partial charge in [-0.1, -0.05) is 107 Å². The summed E-state index contributed by atoms with van der Waals surface area (Å²) in [5.41, 5.74) is 9.80. The summed E-state index contributed by atoms with van der Waals surface area (Å²) in [6.45, 7) is 45.8. The number of rotatable bonds is 19. The predicted octanol–water partition coefficient (Wildman–Crippen LogP) is 10.2. The summed E-state index contributed by atoms with van der Waals surface area (Å²) in [7, 11) is 1.94. The van der Waals surface area contributed by atoms with Gasteiger partial charge in [0.25, 0.3) is 0 Å². The van der Waals surface area contributed by atoms with Crippen molar-refractivity contribution in [1.82, 2.24) is 15.5 Å². The molecule has 0 aromatic heterocycles. The van der Waals surface area contributed by atoms with Crippen LogP contribution in [0.3, 0.4) is 0 Å². The van der Waals surface area contributed by atoms with Crippen LogP contribution in [0.2, 0.25) is 0 Å². The van der Waals surface area contributed by atoms with Crippen LogP contribution in [0.1, 0.15) is 88.5 Å². The van der Waals surface area contributed by atoms with Gasteiger partial charge in [0, 0.05) is 61.0 Å². The van der Waals surface area contributed by atoms with E-state index in [4.69, 9.17) is 9.98 Å². The van der Waals surface area contributed by atoms with Gasteiger partial charge in [-0.05, 0) is 60.5 Å². The third kappa shape index (κ3) is 19.3. The highest BCUT2D eigenvalue weighted by Gasteiger charge is 2.13. The Labute approximate surface area is 283 Å². The lowest BCUT2D eigenvalue weighted by molar-refractivity contribution is 0.525. The van der Waals surface area contributed by atoms with Crippen molar-refractivity contribution in [1.29, 1.82) is 0 Å². The molecule has 0 aliphatic heterocycles. The molecule has 0 amide bonds. The van der Waals surface area contributed by atoms with E-state index in [-0.39, 0.29) is 6.04 Å². The van der Waals surface area contributed by atoms with Gasteiger partial charge in [-0.25, -0.2) is 9.98 Å². The number of guanidine groups is 1. The quantitative estimate of drug-likeness (QED) is 0.0647. The summed E-state index contributed by atoms with van der Waals surface area (Å²) in [6.07, 6.45) is 14.0. The predicted molar refractivity (Wildman–Crippen MR) is 210 cm³/mol. The minimum absolute atomic E-state index is 0.0273. The zero-order valence-corrected chi connectivity index (χ0v) is 31.1. The van der Waals surface area contributed by atoms with Crippen molar-refractivity contribution in [2.45, 2.75) is 94.5 Å². The first-order valence-electron chi connectivity index (χ1n) is 16.2. The molecule has 0 bridgehead atoms. The van der Waals surface area contributed by atoms with E-state index >= 15 is 0 Å². The lowest BCUT2D eigenvalue weighted by atomic mass is 10.1. The summed E-state index contributed by atoms with van der Waals surface area (Å²) in [5, 5.41) is 6.92. The Morgan fingerprint density at radius 2 is 1.48 bits per heavy atom. The molecule has 0 saturated heterocycles. The van der Waals surface area contributed by atoms with Gasteiger partial charge in [0.05, 0.1) is 12.3 Å². The van der Waals surface area contributed by atoms with E-state index < -0.39 is 0 Å². The fourth-order valence-electron chi connectivity index (χ4n) is 3.72. The highest BCUT2D eigenvalue weighted by atomic mass is 15.3. The largest absolute Gasteiger partial charge is 0.384 e. The smallest absolute Gasteiger partial charge is 0.225 e. The molecule has 0 aromatic rings. The van der Waals surface area contributed by atoms with E-state index in [1.807, 2.05) is 64.8 Å². The Hall–Kier alpha value is -4.19. The fraction of sp³-hybridized carbons (Fsp3) is 0.425. The van der Waals surface area contributed by atoms with Gasteiger partial charge in [-0.15, -0.1) is 6.58 Å². The Morgan fingerprint density at radius 1 is 0.870 bits per heavy atom. The van der Waals surface area contributed by atoms with Gasteiger partial charge in [0.1, 0.15) is 0 Å². The highest BCUT2D eigenvalue weighted by Crippen LogP contribution is 2.16. The third-order valence-corrected chi connectivity index (χ3v) is 6.71. The van der Waals surface area contributed by atoms with Crippen molar-refractivity contribution in [2.75, 3.05) is 20.1 Å². The average Bonchev–Trinajstić information content (AvgIpc) is 3.01. The van der Waals surface area contributed by atoms with Crippen molar-refractivity contribution >= 4 is 17.4 Å². The van der Waals surface area contributed by atoms with E-state index in [0.717, 1.165) is 46.8 Å². The average molecular weight is 629 g/mol. The van der Waals surface area contributed by atoms with Gasteiger partial charge >= 0.3 is 0 Å². The number of aliphatic imine (C=N–C) groups is 3. The Bertz CT molecular complexity index is 1260. The van der Waals surface area contributed by atoms with E-state index in [1.54, 1.807) is 12.2 Å². The van der Waals surface area contributed by atoms with Gasteiger partial charge in [-0.2, -0.15) is 0 Å². The van der Waals surface area contributed by atoms with Crippen LogP contribution >= 0.6 is 0 Å². The normalized spacial score (nSPS) is 13.1. The molecular formula is C40H64N6. The van der Waals surface area contributed by atoms with Gasteiger partial charge < -0.3 is 15.5 Å². The zero-order chi connectivity index (χ0) is 35.8. The zero-order valence-electron chi connectivity index (χ0n) is 31.1. The molecule has 0 fully saturated rings. The molecule has 6 heteroatoms. The minimum atomic E-state index is 0.0273. The van der Waals surface area contributed by atoms with E-state index in [2.05, 4.69) is 95.8 Å². The first kappa shape index (κ1) is 43.9. The van der Waals surface area contributed by atoms with Crippen LogP contribution in [-0.2, 0) is 0 Å². The van der Waals surface area contributed by atoms with Crippen LogP contribution in [0.25, 0.3) is 0 Å². The van der Waals surface area contributed by atoms with Crippen molar-refractivity contribution in [2.24, 2.45) is 15.0 Å². The lowest BCUT2D eigenvalue weighted by Crippen LogP contribution is -2.34. The minimum Gasteiger partial charge on any atom is -0.384 e. The first-order valence-corrected chi connectivity index (χ1v) is 16.2. The van der Waals surface area contributed by atoms with Crippen LogP contribution in [0.4, 0.5) is 0 Å². The number of nitrogens with one attached hydrogen (secondary N) is 2. The lowest BCUT2D eigenvalue weighted by Gasteiger charge is -2.23. The maximum absolute atomic E-state index is 4.91. The first-order chi connectivity index (χ1) is 21.7.